The first-order valence-corrected chi connectivity index (χ1v) is 7.19. The molecule has 1 aromatic rings. The molecule has 2 rings (SSSR count). The molecule has 18 heavy (non-hydrogen) atoms. The third kappa shape index (κ3) is 2.56. The maximum absolute atomic E-state index is 11.6. The van der Waals surface area contributed by atoms with Crippen LogP contribution in [0.4, 0.5) is 5.00 Å². The summed E-state index contributed by atoms with van der Waals surface area (Å²) in [6.45, 7) is 1.95. The van der Waals surface area contributed by atoms with Crippen LogP contribution in [0.25, 0.3) is 0 Å². The number of fused-ring (bicyclic) bond motifs is 1. The van der Waals surface area contributed by atoms with Crippen LogP contribution >= 0.6 is 11.3 Å². The predicted molar refractivity (Wildman–Crippen MR) is 73.0 cm³/mol. The van der Waals surface area contributed by atoms with Crippen molar-refractivity contribution in [2.45, 2.75) is 45.4 Å². The largest absolute Gasteiger partial charge is 0.365 e. The van der Waals surface area contributed by atoms with Gasteiger partial charge in [-0.25, -0.2) is 0 Å². The number of nitrogens with two attached hydrogens (primary N) is 1. The van der Waals surface area contributed by atoms with Crippen LogP contribution in [0.5, 0.6) is 0 Å². The highest BCUT2D eigenvalue weighted by Gasteiger charge is 2.24. The van der Waals surface area contributed by atoms with Crippen LogP contribution < -0.4 is 11.1 Å². The lowest BCUT2D eigenvalue weighted by Gasteiger charge is -2.11. The Labute approximate surface area is 111 Å². The minimum atomic E-state index is -0.429. The molecule has 5 heteroatoms. The zero-order chi connectivity index (χ0) is 13.1. The first-order chi connectivity index (χ1) is 8.63. The molecule has 2 amide bonds. The fourth-order valence-corrected chi connectivity index (χ4v) is 3.64. The first-order valence-electron chi connectivity index (χ1n) is 6.37. The van der Waals surface area contributed by atoms with Crippen molar-refractivity contribution in [3.63, 3.8) is 0 Å². The summed E-state index contributed by atoms with van der Waals surface area (Å²) >= 11 is 1.51. The average molecular weight is 266 g/mol. The SMILES string of the molecule is CCCC(=O)Nc1sc2c(c1C(N)=O)CCCC2. The number of nitrogens with one attached hydrogen (secondary N) is 1. The second-order valence-corrected chi connectivity index (χ2v) is 5.68. The van der Waals surface area contributed by atoms with Gasteiger partial charge in [0, 0.05) is 11.3 Å². The summed E-state index contributed by atoms with van der Waals surface area (Å²) < 4.78 is 0. The molecule has 0 spiro atoms. The molecule has 0 fully saturated rings. The normalized spacial score (nSPS) is 14.1. The molecule has 1 heterocycles. The number of hydrogen-bond acceptors (Lipinski definition) is 3. The minimum absolute atomic E-state index is 0.0430. The number of aryl methyl sites for hydroxylation is 1. The Kier molecular flexibility index (Phi) is 4.01. The van der Waals surface area contributed by atoms with Gasteiger partial charge in [-0.15, -0.1) is 11.3 Å². The van der Waals surface area contributed by atoms with E-state index in [0.717, 1.165) is 37.7 Å². The van der Waals surface area contributed by atoms with Gasteiger partial charge in [-0.2, -0.15) is 0 Å². The highest BCUT2D eigenvalue weighted by atomic mass is 32.1. The Morgan fingerprint density at radius 2 is 2.06 bits per heavy atom. The average Bonchev–Trinajstić information content (AvgIpc) is 2.66. The van der Waals surface area contributed by atoms with E-state index in [1.54, 1.807) is 0 Å². The minimum Gasteiger partial charge on any atom is -0.365 e. The monoisotopic (exact) mass is 266 g/mol. The van der Waals surface area contributed by atoms with Gasteiger partial charge in [0.15, 0.2) is 0 Å². The number of anilines is 1. The highest BCUT2D eigenvalue weighted by molar-refractivity contribution is 7.17. The number of thiophene rings is 1. The van der Waals surface area contributed by atoms with Crippen LogP contribution in [0.3, 0.4) is 0 Å². The number of rotatable bonds is 4. The smallest absolute Gasteiger partial charge is 0.251 e. The lowest BCUT2D eigenvalue weighted by molar-refractivity contribution is -0.116. The van der Waals surface area contributed by atoms with Crippen molar-refractivity contribution in [1.29, 1.82) is 0 Å². The maximum Gasteiger partial charge on any atom is 0.251 e. The third-order valence-corrected chi connectivity index (χ3v) is 4.35. The van der Waals surface area contributed by atoms with E-state index in [2.05, 4.69) is 5.32 Å². The summed E-state index contributed by atoms with van der Waals surface area (Å²) in [6.07, 6.45) is 5.39. The lowest BCUT2D eigenvalue weighted by Crippen LogP contribution is -2.18. The number of carbonyl (C=O) groups excluding carboxylic acids is 2. The van der Waals surface area contributed by atoms with Gasteiger partial charge in [-0.05, 0) is 37.7 Å². The van der Waals surface area contributed by atoms with Crippen molar-refractivity contribution in [3.8, 4) is 0 Å². The summed E-state index contributed by atoms with van der Waals surface area (Å²) in [4.78, 5) is 24.4. The maximum atomic E-state index is 11.6. The summed E-state index contributed by atoms with van der Waals surface area (Å²) in [5.41, 5.74) is 7.05. The van der Waals surface area contributed by atoms with Crippen molar-refractivity contribution in [1.82, 2.24) is 0 Å². The number of carbonyl (C=O) groups is 2. The van der Waals surface area contributed by atoms with Gasteiger partial charge >= 0.3 is 0 Å². The molecule has 98 valence electrons. The topological polar surface area (TPSA) is 72.2 Å². The standard InChI is InChI=1S/C13H18N2O2S/c1-2-5-10(16)15-13-11(12(14)17)8-6-3-4-7-9(8)18-13/h2-7H2,1H3,(H2,14,17)(H,15,16). The Hall–Kier alpha value is -1.36. The second-order valence-electron chi connectivity index (χ2n) is 4.58. The van der Waals surface area contributed by atoms with Gasteiger partial charge in [0.05, 0.1) is 5.56 Å². The van der Waals surface area contributed by atoms with E-state index in [4.69, 9.17) is 5.73 Å². The van der Waals surface area contributed by atoms with Crippen molar-refractivity contribution in [2.24, 2.45) is 5.73 Å². The molecule has 0 bridgehead atoms. The molecule has 0 unspecified atom stereocenters. The van der Waals surface area contributed by atoms with Gasteiger partial charge in [-0.3, -0.25) is 9.59 Å². The van der Waals surface area contributed by atoms with E-state index < -0.39 is 5.91 Å². The Balaban J connectivity index is 2.31. The highest BCUT2D eigenvalue weighted by Crippen LogP contribution is 2.37. The molecular weight excluding hydrogens is 248 g/mol. The van der Waals surface area contributed by atoms with Crippen LogP contribution in [0, 0.1) is 0 Å². The van der Waals surface area contributed by atoms with Gasteiger partial charge in [-0.1, -0.05) is 6.92 Å². The van der Waals surface area contributed by atoms with Crippen LogP contribution in [0.1, 0.15) is 53.4 Å². The molecular formula is C13H18N2O2S. The van der Waals surface area contributed by atoms with E-state index in [1.165, 1.54) is 16.2 Å². The van der Waals surface area contributed by atoms with Crippen LogP contribution in [0.15, 0.2) is 0 Å². The first kappa shape index (κ1) is 13.1. The molecule has 0 atom stereocenters. The number of primary amides is 1. The van der Waals surface area contributed by atoms with Crippen molar-refractivity contribution in [3.05, 3.63) is 16.0 Å². The Morgan fingerprint density at radius 3 is 2.72 bits per heavy atom. The summed E-state index contributed by atoms with van der Waals surface area (Å²) in [5, 5.41) is 3.47. The predicted octanol–water partition coefficient (Wildman–Crippen LogP) is 2.46. The molecule has 3 N–H and O–H groups in total. The molecule has 4 nitrogen and oxygen atoms in total. The van der Waals surface area contributed by atoms with E-state index in [-0.39, 0.29) is 5.91 Å². The zero-order valence-corrected chi connectivity index (χ0v) is 11.4. The van der Waals surface area contributed by atoms with E-state index in [1.807, 2.05) is 6.92 Å². The zero-order valence-electron chi connectivity index (χ0n) is 10.5. The molecule has 0 aromatic carbocycles. The van der Waals surface area contributed by atoms with Gasteiger partial charge in [0.25, 0.3) is 5.91 Å². The van der Waals surface area contributed by atoms with E-state index in [9.17, 15) is 9.59 Å². The molecule has 1 aliphatic rings. The van der Waals surface area contributed by atoms with Crippen molar-refractivity contribution >= 4 is 28.2 Å². The quantitative estimate of drug-likeness (QED) is 0.878. The molecule has 1 aliphatic carbocycles. The lowest BCUT2D eigenvalue weighted by atomic mass is 9.95. The van der Waals surface area contributed by atoms with Crippen molar-refractivity contribution in [2.75, 3.05) is 5.32 Å². The van der Waals surface area contributed by atoms with Crippen LogP contribution in [-0.4, -0.2) is 11.8 Å². The second kappa shape index (κ2) is 5.52. The van der Waals surface area contributed by atoms with Crippen LogP contribution in [-0.2, 0) is 17.6 Å². The Bertz CT molecular complexity index is 480. The Morgan fingerprint density at radius 1 is 1.33 bits per heavy atom. The third-order valence-electron chi connectivity index (χ3n) is 3.15. The molecule has 0 radical (unpaired) electrons. The molecule has 1 aromatic heterocycles. The number of amides is 2. The fraction of sp³-hybridized carbons (Fsp3) is 0.538. The van der Waals surface area contributed by atoms with Gasteiger partial charge in [0.1, 0.15) is 5.00 Å². The summed E-state index contributed by atoms with van der Waals surface area (Å²) in [7, 11) is 0. The molecule has 0 aliphatic heterocycles. The number of hydrogen-bond donors (Lipinski definition) is 2. The van der Waals surface area contributed by atoms with Crippen molar-refractivity contribution < 1.29 is 9.59 Å². The fourth-order valence-electron chi connectivity index (χ4n) is 2.33. The summed E-state index contributed by atoms with van der Waals surface area (Å²) in [6, 6.07) is 0. The summed E-state index contributed by atoms with van der Waals surface area (Å²) in [5.74, 6) is -0.472. The van der Waals surface area contributed by atoms with E-state index in [0.29, 0.717) is 17.0 Å². The molecule has 0 saturated carbocycles. The van der Waals surface area contributed by atoms with Gasteiger partial charge in [0.2, 0.25) is 5.91 Å². The molecule has 0 saturated heterocycles. The van der Waals surface area contributed by atoms with E-state index >= 15 is 0 Å². The van der Waals surface area contributed by atoms with Crippen LogP contribution in [0.2, 0.25) is 0 Å². The van der Waals surface area contributed by atoms with Gasteiger partial charge < -0.3 is 11.1 Å².